The summed E-state index contributed by atoms with van der Waals surface area (Å²) in [5.41, 5.74) is 1.53. The van der Waals surface area contributed by atoms with Crippen LogP contribution >= 0.6 is 11.6 Å². The highest BCUT2D eigenvalue weighted by molar-refractivity contribution is 6.30. The molecule has 2 heterocycles. The lowest BCUT2D eigenvalue weighted by Crippen LogP contribution is -2.39. The van der Waals surface area contributed by atoms with Gasteiger partial charge in [-0.05, 0) is 24.3 Å². The summed E-state index contributed by atoms with van der Waals surface area (Å²) in [7, 11) is 3.14. The van der Waals surface area contributed by atoms with Crippen molar-refractivity contribution in [3.63, 3.8) is 0 Å². The van der Waals surface area contributed by atoms with Gasteiger partial charge in [0.15, 0.2) is 0 Å². The van der Waals surface area contributed by atoms with Crippen LogP contribution in [0.5, 0.6) is 11.5 Å². The van der Waals surface area contributed by atoms with Crippen molar-refractivity contribution >= 4 is 23.3 Å². The molecule has 1 amide bonds. The first-order valence-electron chi connectivity index (χ1n) is 8.07. The number of β-amino-alcohol motifs (C(OH)–C–C–N with tert-alkyl or cyclic N) is 1. The Morgan fingerprint density at radius 3 is 2.69 bits per heavy atom. The van der Waals surface area contributed by atoms with E-state index in [0.717, 1.165) is 5.56 Å². The molecule has 1 aliphatic rings. The molecule has 0 saturated carbocycles. The lowest BCUT2D eigenvalue weighted by atomic mass is 9.95. The van der Waals surface area contributed by atoms with Crippen molar-refractivity contribution in [3.8, 4) is 11.5 Å². The second-order valence-electron chi connectivity index (χ2n) is 5.96. The monoisotopic (exact) mass is 377 g/mol. The number of methoxy groups -OCH3 is 2. The van der Waals surface area contributed by atoms with E-state index >= 15 is 0 Å². The molecule has 0 spiro atoms. The number of pyridine rings is 1. The van der Waals surface area contributed by atoms with Gasteiger partial charge in [0.25, 0.3) is 0 Å². The van der Waals surface area contributed by atoms with Crippen LogP contribution in [-0.4, -0.2) is 48.2 Å². The van der Waals surface area contributed by atoms with Gasteiger partial charge in [0.05, 0.1) is 31.9 Å². The first kappa shape index (κ1) is 18.4. The van der Waals surface area contributed by atoms with Crippen LogP contribution in [0.15, 0.2) is 30.5 Å². The summed E-state index contributed by atoms with van der Waals surface area (Å²) in [5.74, 6) is 1.47. The third-order valence-electron chi connectivity index (χ3n) is 4.22. The zero-order valence-corrected chi connectivity index (χ0v) is 15.3. The van der Waals surface area contributed by atoms with Gasteiger partial charge < -0.3 is 19.9 Å². The number of hydrogen-bond donors (Lipinski definition) is 2. The second kappa shape index (κ2) is 7.90. The number of aromatic nitrogens is 1. The van der Waals surface area contributed by atoms with Crippen molar-refractivity contribution in [3.05, 3.63) is 46.6 Å². The molecule has 0 fully saturated rings. The zero-order valence-electron chi connectivity index (χ0n) is 14.5. The standard InChI is InChI=1S/C18H20ClN3O4/c1-25-14-4-5-15(26-2)18-12(14)8-22(9-13(18)23)10-17(24)21-16-6-3-11(19)7-20-16/h3-7,13,23H,8-10H2,1-2H3,(H,20,21,24). The average molecular weight is 378 g/mol. The van der Waals surface area contributed by atoms with Crippen LogP contribution in [0, 0.1) is 0 Å². The molecule has 1 aliphatic heterocycles. The van der Waals surface area contributed by atoms with Gasteiger partial charge in [-0.2, -0.15) is 0 Å². The van der Waals surface area contributed by atoms with Crippen molar-refractivity contribution in [2.24, 2.45) is 0 Å². The fourth-order valence-corrected chi connectivity index (χ4v) is 3.21. The van der Waals surface area contributed by atoms with Gasteiger partial charge in [-0.1, -0.05) is 11.6 Å². The summed E-state index contributed by atoms with van der Waals surface area (Å²) in [4.78, 5) is 18.2. The molecule has 1 aromatic heterocycles. The Labute approximate surface area is 156 Å². The Morgan fingerprint density at radius 1 is 1.31 bits per heavy atom. The third-order valence-corrected chi connectivity index (χ3v) is 4.45. The molecule has 8 heteroatoms. The number of halogens is 1. The topological polar surface area (TPSA) is 83.9 Å². The molecule has 138 valence electrons. The highest BCUT2D eigenvalue weighted by Crippen LogP contribution is 2.39. The van der Waals surface area contributed by atoms with Crippen molar-refractivity contribution in [1.82, 2.24) is 9.88 Å². The Balaban J connectivity index is 1.74. The van der Waals surface area contributed by atoms with E-state index in [2.05, 4.69) is 10.3 Å². The molecule has 0 aliphatic carbocycles. The first-order chi connectivity index (χ1) is 12.5. The number of carbonyl (C=O) groups is 1. The number of nitrogens with zero attached hydrogens (tertiary/aromatic N) is 2. The van der Waals surface area contributed by atoms with Crippen molar-refractivity contribution < 1.29 is 19.4 Å². The fraction of sp³-hybridized carbons (Fsp3) is 0.333. The summed E-state index contributed by atoms with van der Waals surface area (Å²) < 4.78 is 10.8. The van der Waals surface area contributed by atoms with E-state index in [0.29, 0.717) is 41.0 Å². The van der Waals surface area contributed by atoms with Gasteiger partial charge in [-0.15, -0.1) is 0 Å². The van der Waals surface area contributed by atoms with Crippen LogP contribution in [0.2, 0.25) is 5.02 Å². The van der Waals surface area contributed by atoms with Crippen molar-refractivity contribution in [1.29, 1.82) is 0 Å². The Bertz CT molecular complexity index is 798. The van der Waals surface area contributed by atoms with Crippen LogP contribution in [0.4, 0.5) is 5.82 Å². The molecule has 0 saturated heterocycles. The largest absolute Gasteiger partial charge is 0.496 e. The second-order valence-corrected chi connectivity index (χ2v) is 6.39. The molecule has 1 atom stereocenters. The highest BCUT2D eigenvalue weighted by atomic mass is 35.5. The Hall–Kier alpha value is -2.35. The molecular formula is C18H20ClN3O4. The number of hydrogen-bond acceptors (Lipinski definition) is 6. The smallest absolute Gasteiger partial charge is 0.239 e. The fourth-order valence-electron chi connectivity index (χ4n) is 3.10. The number of aliphatic hydroxyl groups excluding tert-OH is 1. The summed E-state index contributed by atoms with van der Waals surface area (Å²) in [6.45, 7) is 0.896. The lowest BCUT2D eigenvalue weighted by Gasteiger charge is -2.33. The number of anilines is 1. The predicted molar refractivity (Wildman–Crippen MR) is 97.7 cm³/mol. The highest BCUT2D eigenvalue weighted by Gasteiger charge is 2.30. The maximum Gasteiger partial charge on any atom is 0.239 e. The van der Waals surface area contributed by atoms with Gasteiger partial charge >= 0.3 is 0 Å². The third kappa shape index (κ3) is 3.90. The maximum absolute atomic E-state index is 12.3. The Kier molecular flexibility index (Phi) is 5.61. The summed E-state index contributed by atoms with van der Waals surface area (Å²) in [5, 5.41) is 13.8. The van der Waals surface area contributed by atoms with Crippen LogP contribution in [0.25, 0.3) is 0 Å². The van der Waals surface area contributed by atoms with E-state index in [1.54, 1.807) is 38.5 Å². The molecule has 26 heavy (non-hydrogen) atoms. The first-order valence-corrected chi connectivity index (χ1v) is 8.45. The molecule has 7 nitrogen and oxygen atoms in total. The average Bonchev–Trinajstić information content (AvgIpc) is 2.62. The lowest BCUT2D eigenvalue weighted by molar-refractivity contribution is -0.118. The Morgan fingerprint density at radius 2 is 2.04 bits per heavy atom. The van der Waals surface area contributed by atoms with Gasteiger partial charge in [0, 0.05) is 30.4 Å². The molecule has 2 aromatic rings. The molecular weight excluding hydrogens is 358 g/mol. The normalized spacial score (nSPS) is 16.7. The van der Waals surface area contributed by atoms with Gasteiger partial charge in [0.2, 0.25) is 5.91 Å². The van der Waals surface area contributed by atoms with E-state index in [-0.39, 0.29) is 12.5 Å². The maximum atomic E-state index is 12.3. The summed E-state index contributed by atoms with van der Waals surface area (Å²) in [6, 6.07) is 6.86. The number of rotatable bonds is 5. The zero-order chi connectivity index (χ0) is 18.7. The SMILES string of the molecule is COc1ccc(OC)c2c1CN(CC(=O)Nc1ccc(Cl)cn1)CC2O. The molecule has 0 radical (unpaired) electrons. The minimum atomic E-state index is -0.773. The number of benzene rings is 1. The summed E-state index contributed by atoms with van der Waals surface area (Å²) >= 11 is 5.79. The molecule has 2 N–H and O–H groups in total. The number of aliphatic hydroxyl groups is 1. The number of amides is 1. The number of ether oxygens (including phenoxy) is 2. The van der Waals surface area contributed by atoms with Crippen molar-refractivity contribution in [2.45, 2.75) is 12.6 Å². The van der Waals surface area contributed by atoms with Gasteiger partial charge in [0.1, 0.15) is 17.3 Å². The van der Waals surface area contributed by atoms with E-state index in [9.17, 15) is 9.90 Å². The van der Waals surface area contributed by atoms with Crippen LogP contribution in [0.3, 0.4) is 0 Å². The predicted octanol–water partition coefficient (Wildman–Crippen LogP) is 2.24. The molecule has 1 aromatic carbocycles. The van der Waals surface area contributed by atoms with Crippen LogP contribution in [-0.2, 0) is 11.3 Å². The minimum absolute atomic E-state index is 0.112. The van der Waals surface area contributed by atoms with Crippen LogP contribution < -0.4 is 14.8 Å². The van der Waals surface area contributed by atoms with Gasteiger partial charge in [-0.25, -0.2) is 4.98 Å². The number of fused-ring (bicyclic) bond motifs is 1. The number of carbonyl (C=O) groups excluding carboxylic acids is 1. The molecule has 0 bridgehead atoms. The molecule has 1 unspecified atom stereocenters. The van der Waals surface area contributed by atoms with E-state index in [1.807, 2.05) is 4.90 Å². The minimum Gasteiger partial charge on any atom is -0.496 e. The van der Waals surface area contributed by atoms with Gasteiger partial charge in [-0.3, -0.25) is 9.69 Å². The van der Waals surface area contributed by atoms with E-state index < -0.39 is 6.10 Å². The number of nitrogens with one attached hydrogen (secondary N) is 1. The van der Waals surface area contributed by atoms with Crippen LogP contribution in [0.1, 0.15) is 17.2 Å². The van der Waals surface area contributed by atoms with Crippen molar-refractivity contribution in [2.75, 3.05) is 32.6 Å². The molecule has 3 rings (SSSR count). The van der Waals surface area contributed by atoms with E-state index in [4.69, 9.17) is 21.1 Å². The van der Waals surface area contributed by atoms with E-state index in [1.165, 1.54) is 6.20 Å². The quantitative estimate of drug-likeness (QED) is 0.831. The summed E-state index contributed by atoms with van der Waals surface area (Å²) in [6.07, 6.45) is 0.695.